The highest BCUT2D eigenvalue weighted by molar-refractivity contribution is 6.31. The van der Waals surface area contributed by atoms with Crippen molar-refractivity contribution in [2.75, 3.05) is 0 Å². The molecule has 0 amide bonds. The number of aromatic nitrogens is 4. The Kier molecular flexibility index (Phi) is 3.25. The van der Waals surface area contributed by atoms with Crippen molar-refractivity contribution >= 4 is 22.6 Å². The summed E-state index contributed by atoms with van der Waals surface area (Å²) >= 11 is 5.98. The molecule has 1 aromatic carbocycles. The molecule has 0 aliphatic heterocycles. The Morgan fingerprint density at radius 1 is 1.33 bits per heavy atom. The van der Waals surface area contributed by atoms with Gasteiger partial charge in [0.15, 0.2) is 5.52 Å². The zero-order valence-corrected chi connectivity index (χ0v) is 12.2. The molecule has 5 nitrogen and oxygen atoms in total. The van der Waals surface area contributed by atoms with Gasteiger partial charge < -0.3 is 0 Å². The standard InChI is InChI=1S/C14H12ClFN4O/c1-8-12-13(18-19(8)2)14(21)20(7-17-12)6-9-10(15)4-3-5-11(9)16/h3-5,7H,6H2,1-2H3. The van der Waals surface area contributed by atoms with Gasteiger partial charge in [0.1, 0.15) is 11.3 Å². The van der Waals surface area contributed by atoms with Gasteiger partial charge in [-0.1, -0.05) is 17.7 Å². The lowest BCUT2D eigenvalue weighted by Crippen LogP contribution is -2.22. The van der Waals surface area contributed by atoms with E-state index < -0.39 is 5.82 Å². The molecule has 7 heteroatoms. The van der Waals surface area contributed by atoms with Crippen LogP contribution in [0.1, 0.15) is 11.3 Å². The number of hydrogen-bond acceptors (Lipinski definition) is 3. The maximum absolute atomic E-state index is 13.8. The molecule has 0 unspecified atom stereocenters. The zero-order valence-electron chi connectivity index (χ0n) is 11.5. The summed E-state index contributed by atoms with van der Waals surface area (Å²) in [5.41, 5.74) is 1.57. The molecule has 0 atom stereocenters. The third-order valence-electron chi connectivity index (χ3n) is 3.48. The molecule has 108 valence electrons. The molecular weight excluding hydrogens is 295 g/mol. The van der Waals surface area contributed by atoms with Crippen LogP contribution in [0.15, 0.2) is 29.3 Å². The smallest absolute Gasteiger partial charge is 0.282 e. The monoisotopic (exact) mass is 306 g/mol. The fourth-order valence-corrected chi connectivity index (χ4v) is 2.40. The first-order chi connectivity index (χ1) is 9.99. The molecular formula is C14H12ClFN4O. The van der Waals surface area contributed by atoms with E-state index in [4.69, 9.17) is 11.6 Å². The lowest BCUT2D eigenvalue weighted by atomic mass is 10.2. The lowest BCUT2D eigenvalue weighted by molar-refractivity contribution is 0.595. The lowest BCUT2D eigenvalue weighted by Gasteiger charge is -2.08. The van der Waals surface area contributed by atoms with Crippen molar-refractivity contribution in [1.82, 2.24) is 19.3 Å². The van der Waals surface area contributed by atoms with Gasteiger partial charge in [0.05, 0.1) is 18.6 Å². The number of halogens is 2. The van der Waals surface area contributed by atoms with E-state index >= 15 is 0 Å². The minimum Gasteiger partial charge on any atom is -0.293 e. The SMILES string of the molecule is Cc1c2ncn(Cc3c(F)cccc3Cl)c(=O)c2nn1C. The van der Waals surface area contributed by atoms with Crippen LogP contribution in [0, 0.1) is 12.7 Å². The molecule has 0 radical (unpaired) electrons. The number of rotatable bonds is 2. The van der Waals surface area contributed by atoms with E-state index in [2.05, 4.69) is 10.1 Å². The summed E-state index contributed by atoms with van der Waals surface area (Å²) in [6.07, 6.45) is 1.39. The van der Waals surface area contributed by atoms with Crippen LogP contribution in [-0.2, 0) is 13.6 Å². The Morgan fingerprint density at radius 2 is 2.10 bits per heavy atom. The summed E-state index contributed by atoms with van der Waals surface area (Å²) in [7, 11) is 1.74. The maximum atomic E-state index is 13.8. The maximum Gasteiger partial charge on any atom is 0.282 e. The van der Waals surface area contributed by atoms with Crippen molar-refractivity contribution in [3.05, 3.63) is 57.0 Å². The van der Waals surface area contributed by atoms with E-state index in [1.807, 2.05) is 6.92 Å². The van der Waals surface area contributed by atoms with Crippen molar-refractivity contribution < 1.29 is 4.39 Å². The topological polar surface area (TPSA) is 52.7 Å². The minimum atomic E-state index is -0.452. The molecule has 2 aromatic heterocycles. The minimum absolute atomic E-state index is 0.0168. The molecule has 0 saturated carbocycles. The highest BCUT2D eigenvalue weighted by Gasteiger charge is 2.14. The fraction of sp³-hybridized carbons (Fsp3) is 0.214. The van der Waals surface area contributed by atoms with Gasteiger partial charge in [-0.15, -0.1) is 0 Å². The van der Waals surface area contributed by atoms with E-state index in [1.54, 1.807) is 17.8 Å². The molecule has 0 bridgehead atoms. The number of nitrogens with zero attached hydrogens (tertiary/aromatic N) is 4. The summed E-state index contributed by atoms with van der Waals surface area (Å²) < 4.78 is 16.7. The van der Waals surface area contributed by atoms with Crippen LogP contribution in [0.5, 0.6) is 0 Å². The highest BCUT2D eigenvalue weighted by Crippen LogP contribution is 2.19. The third kappa shape index (κ3) is 2.21. The molecule has 3 aromatic rings. The van der Waals surface area contributed by atoms with Crippen molar-refractivity contribution in [3.63, 3.8) is 0 Å². The van der Waals surface area contributed by atoms with Crippen LogP contribution in [0.3, 0.4) is 0 Å². The predicted octanol–water partition coefficient (Wildman–Crippen LogP) is 2.28. The average Bonchev–Trinajstić information content (AvgIpc) is 2.74. The number of hydrogen-bond donors (Lipinski definition) is 0. The fourth-order valence-electron chi connectivity index (χ4n) is 2.18. The first-order valence-electron chi connectivity index (χ1n) is 6.30. The van der Waals surface area contributed by atoms with E-state index in [-0.39, 0.29) is 28.2 Å². The van der Waals surface area contributed by atoms with Crippen molar-refractivity contribution in [2.45, 2.75) is 13.5 Å². The van der Waals surface area contributed by atoms with E-state index in [0.717, 1.165) is 5.69 Å². The second kappa shape index (κ2) is 4.96. The summed E-state index contributed by atoms with van der Waals surface area (Å²) in [4.78, 5) is 16.6. The Bertz CT molecular complexity index is 880. The third-order valence-corrected chi connectivity index (χ3v) is 3.84. The molecule has 21 heavy (non-hydrogen) atoms. The summed E-state index contributed by atoms with van der Waals surface area (Å²) in [5.74, 6) is -0.452. The normalized spacial score (nSPS) is 11.2. The second-order valence-electron chi connectivity index (χ2n) is 4.78. The Morgan fingerprint density at radius 3 is 2.81 bits per heavy atom. The second-order valence-corrected chi connectivity index (χ2v) is 5.19. The van der Waals surface area contributed by atoms with Gasteiger partial charge in [-0.3, -0.25) is 14.0 Å². The Balaban J connectivity index is 2.14. The largest absolute Gasteiger partial charge is 0.293 e. The highest BCUT2D eigenvalue weighted by atomic mass is 35.5. The molecule has 3 rings (SSSR count). The first-order valence-corrected chi connectivity index (χ1v) is 6.68. The predicted molar refractivity (Wildman–Crippen MR) is 78.0 cm³/mol. The summed E-state index contributed by atoms with van der Waals surface area (Å²) in [5, 5.41) is 4.43. The number of benzene rings is 1. The summed E-state index contributed by atoms with van der Waals surface area (Å²) in [6, 6.07) is 4.42. The molecule has 0 spiro atoms. The Hall–Kier alpha value is -2.21. The molecule has 2 heterocycles. The molecule has 0 saturated heterocycles. The van der Waals surface area contributed by atoms with Crippen LogP contribution < -0.4 is 5.56 Å². The number of aryl methyl sites for hydroxylation is 2. The van der Waals surface area contributed by atoms with Crippen molar-refractivity contribution in [2.24, 2.45) is 7.05 Å². The molecule has 0 fully saturated rings. The van der Waals surface area contributed by atoms with Crippen molar-refractivity contribution in [1.29, 1.82) is 0 Å². The molecule has 0 N–H and O–H groups in total. The average molecular weight is 307 g/mol. The molecule has 0 aliphatic carbocycles. The van der Waals surface area contributed by atoms with E-state index in [9.17, 15) is 9.18 Å². The first kappa shape index (κ1) is 13.8. The van der Waals surface area contributed by atoms with E-state index in [0.29, 0.717) is 5.52 Å². The Labute approximate surface area is 124 Å². The quantitative estimate of drug-likeness (QED) is 0.730. The van der Waals surface area contributed by atoms with Crippen LogP contribution in [-0.4, -0.2) is 19.3 Å². The van der Waals surface area contributed by atoms with Crippen LogP contribution in [0.2, 0.25) is 5.02 Å². The van der Waals surface area contributed by atoms with Crippen LogP contribution >= 0.6 is 11.6 Å². The van der Waals surface area contributed by atoms with Gasteiger partial charge in [0.25, 0.3) is 5.56 Å². The van der Waals surface area contributed by atoms with E-state index in [1.165, 1.54) is 23.0 Å². The van der Waals surface area contributed by atoms with Crippen LogP contribution in [0.25, 0.3) is 11.0 Å². The van der Waals surface area contributed by atoms with Gasteiger partial charge in [0, 0.05) is 17.6 Å². The van der Waals surface area contributed by atoms with Crippen LogP contribution in [0.4, 0.5) is 4.39 Å². The van der Waals surface area contributed by atoms with Crippen molar-refractivity contribution in [3.8, 4) is 0 Å². The van der Waals surface area contributed by atoms with Gasteiger partial charge in [-0.2, -0.15) is 5.10 Å². The van der Waals surface area contributed by atoms with Gasteiger partial charge in [-0.25, -0.2) is 9.37 Å². The number of fused-ring (bicyclic) bond motifs is 1. The zero-order chi connectivity index (χ0) is 15.1. The van der Waals surface area contributed by atoms with Gasteiger partial charge in [-0.05, 0) is 19.1 Å². The van der Waals surface area contributed by atoms with Gasteiger partial charge in [0.2, 0.25) is 0 Å². The summed E-state index contributed by atoms with van der Waals surface area (Å²) in [6.45, 7) is 1.85. The van der Waals surface area contributed by atoms with Gasteiger partial charge >= 0.3 is 0 Å². The molecule has 0 aliphatic rings.